The van der Waals surface area contributed by atoms with Gasteiger partial charge in [-0.15, -0.1) is 0 Å². The first-order valence-electron chi connectivity index (χ1n) is 7.05. The number of amides is 1. The van der Waals surface area contributed by atoms with Crippen LogP contribution in [0.15, 0.2) is 48.8 Å². The van der Waals surface area contributed by atoms with Crippen molar-refractivity contribution in [3.63, 3.8) is 0 Å². The molecule has 0 radical (unpaired) electrons. The van der Waals surface area contributed by atoms with Crippen LogP contribution in [0.3, 0.4) is 0 Å². The summed E-state index contributed by atoms with van der Waals surface area (Å²) in [6.45, 7) is -0.0516. The molecule has 0 aliphatic heterocycles. The van der Waals surface area contributed by atoms with Crippen LogP contribution in [0, 0.1) is 0 Å². The number of benzene rings is 1. The molecule has 0 aliphatic rings. The number of aromatic nitrogens is 2. The van der Waals surface area contributed by atoms with Gasteiger partial charge in [0.1, 0.15) is 12.3 Å². The van der Waals surface area contributed by atoms with Crippen LogP contribution < -0.4 is 5.48 Å². The third-order valence-electron chi connectivity index (χ3n) is 3.30. The van der Waals surface area contributed by atoms with Crippen molar-refractivity contribution in [2.75, 3.05) is 0 Å². The number of hydroxylamine groups is 1. The van der Waals surface area contributed by atoms with Gasteiger partial charge in [-0.1, -0.05) is 17.7 Å². The largest absolute Gasteiger partial charge is 0.416 e. The van der Waals surface area contributed by atoms with Gasteiger partial charge in [0.15, 0.2) is 0 Å². The minimum Gasteiger partial charge on any atom is -0.305 e. The average Bonchev–Trinajstić information content (AvgIpc) is 2.96. The summed E-state index contributed by atoms with van der Waals surface area (Å²) in [5, 5.41) is 0.537. The van der Waals surface area contributed by atoms with Gasteiger partial charge in [-0.2, -0.15) is 13.2 Å². The monoisotopic (exact) mass is 369 g/mol. The van der Waals surface area contributed by atoms with Crippen LogP contribution in [0.4, 0.5) is 13.2 Å². The van der Waals surface area contributed by atoms with E-state index in [4.69, 9.17) is 16.4 Å². The maximum atomic E-state index is 12.7. The van der Waals surface area contributed by atoms with Gasteiger partial charge in [0, 0.05) is 18.0 Å². The molecule has 130 valence electrons. The highest BCUT2D eigenvalue weighted by Gasteiger charge is 2.30. The molecule has 1 amide bonds. The molecule has 0 unspecified atom stereocenters. The number of pyridine rings is 1. The standard InChI is InChI=1S/C16H11ClF3N3O2/c17-12-4-5-14-21-13(8-23(14)7-12)9-25-22-15(24)10-2-1-3-11(6-10)16(18,19)20/h1-8H,9H2,(H,22,24). The maximum absolute atomic E-state index is 12.7. The van der Waals surface area contributed by atoms with Gasteiger partial charge in [0.25, 0.3) is 5.91 Å². The molecule has 2 heterocycles. The fraction of sp³-hybridized carbons (Fsp3) is 0.125. The lowest BCUT2D eigenvalue weighted by Gasteiger charge is -2.09. The Hall–Kier alpha value is -2.58. The second-order valence-corrected chi connectivity index (χ2v) is 5.58. The third kappa shape index (κ3) is 4.09. The minimum absolute atomic E-state index is 0.0516. The number of hydrogen-bond acceptors (Lipinski definition) is 3. The van der Waals surface area contributed by atoms with E-state index in [9.17, 15) is 18.0 Å². The molecule has 2 aromatic heterocycles. The lowest BCUT2D eigenvalue weighted by atomic mass is 10.1. The van der Waals surface area contributed by atoms with Crippen LogP contribution in [-0.2, 0) is 17.6 Å². The van der Waals surface area contributed by atoms with Crippen LogP contribution in [0.1, 0.15) is 21.6 Å². The summed E-state index contributed by atoms with van der Waals surface area (Å²) >= 11 is 5.87. The topological polar surface area (TPSA) is 55.6 Å². The highest BCUT2D eigenvalue weighted by molar-refractivity contribution is 6.30. The summed E-state index contributed by atoms with van der Waals surface area (Å²) in [6.07, 6.45) is -1.19. The first kappa shape index (κ1) is 17.2. The number of imidazole rings is 1. The van der Waals surface area contributed by atoms with E-state index in [1.807, 2.05) is 0 Å². The van der Waals surface area contributed by atoms with Crippen LogP contribution in [0.25, 0.3) is 5.65 Å². The zero-order valence-electron chi connectivity index (χ0n) is 12.5. The van der Waals surface area contributed by atoms with Gasteiger partial charge in [0.05, 0.1) is 16.3 Å². The summed E-state index contributed by atoms with van der Waals surface area (Å²) in [5.41, 5.74) is 2.20. The molecule has 0 aliphatic carbocycles. The Morgan fingerprint density at radius 3 is 2.80 bits per heavy atom. The van der Waals surface area contributed by atoms with Crippen molar-refractivity contribution < 1.29 is 22.8 Å². The average molecular weight is 370 g/mol. The number of nitrogens with one attached hydrogen (secondary N) is 1. The van der Waals surface area contributed by atoms with Crippen molar-refractivity contribution >= 4 is 23.2 Å². The quantitative estimate of drug-likeness (QED) is 0.710. The molecule has 0 fully saturated rings. The predicted molar refractivity (Wildman–Crippen MR) is 83.9 cm³/mol. The van der Waals surface area contributed by atoms with Crippen molar-refractivity contribution in [2.24, 2.45) is 0 Å². The number of alkyl halides is 3. The molecule has 3 rings (SSSR count). The summed E-state index contributed by atoms with van der Waals surface area (Å²) in [6, 6.07) is 7.46. The summed E-state index contributed by atoms with van der Waals surface area (Å²) < 4.78 is 39.6. The van der Waals surface area contributed by atoms with E-state index in [-0.39, 0.29) is 12.2 Å². The van der Waals surface area contributed by atoms with Gasteiger partial charge in [0.2, 0.25) is 0 Å². The van der Waals surface area contributed by atoms with Crippen molar-refractivity contribution in [2.45, 2.75) is 12.8 Å². The molecule has 0 saturated carbocycles. The highest BCUT2D eigenvalue weighted by atomic mass is 35.5. The van der Waals surface area contributed by atoms with Crippen molar-refractivity contribution in [3.05, 3.63) is 70.6 Å². The minimum atomic E-state index is -4.52. The Morgan fingerprint density at radius 1 is 1.24 bits per heavy atom. The molecule has 1 N–H and O–H groups in total. The molecule has 5 nitrogen and oxygen atoms in total. The Bertz CT molecular complexity index is 924. The van der Waals surface area contributed by atoms with Gasteiger partial charge in [-0.05, 0) is 30.3 Å². The fourth-order valence-corrected chi connectivity index (χ4v) is 2.33. The van der Waals surface area contributed by atoms with Crippen molar-refractivity contribution in [1.82, 2.24) is 14.9 Å². The lowest BCUT2D eigenvalue weighted by Crippen LogP contribution is -2.24. The zero-order valence-corrected chi connectivity index (χ0v) is 13.3. The first-order chi connectivity index (χ1) is 11.8. The summed E-state index contributed by atoms with van der Waals surface area (Å²) in [5.74, 6) is -0.780. The SMILES string of the molecule is O=C(NOCc1cn2cc(Cl)ccc2n1)c1cccc(C(F)(F)F)c1. The van der Waals surface area contributed by atoms with Crippen molar-refractivity contribution in [1.29, 1.82) is 0 Å². The van der Waals surface area contributed by atoms with Crippen molar-refractivity contribution in [3.8, 4) is 0 Å². The molecular weight excluding hydrogens is 359 g/mol. The maximum Gasteiger partial charge on any atom is 0.416 e. The smallest absolute Gasteiger partial charge is 0.305 e. The van der Waals surface area contributed by atoms with E-state index in [0.29, 0.717) is 16.4 Å². The van der Waals surface area contributed by atoms with Gasteiger partial charge in [-0.25, -0.2) is 10.5 Å². The van der Waals surface area contributed by atoms with E-state index in [2.05, 4.69) is 10.5 Å². The molecule has 0 spiro atoms. The van der Waals surface area contributed by atoms with Gasteiger partial charge >= 0.3 is 6.18 Å². The molecular formula is C16H11ClF3N3O2. The Balaban J connectivity index is 1.62. The van der Waals surface area contributed by atoms with Crippen LogP contribution in [0.2, 0.25) is 5.02 Å². The lowest BCUT2D eigenvalue weighted by molar-refractivity contribution is -0.137. The summed E-state index contributed by atoms with van der Waals surface area (Å²) in [7, 11) is 0. The number of halogens is 4. The molecule has 0 atom stereocenters. The van der Waals surface area contributed by atoms with E-state index in [1.165, 1.54) is 6.07 Å². The zero-order chi connectivity index (χ0) is 18.0. The van der Waals surface area contributed by atoms with Crippen LogP contribution in [-0.4, -0.2) is 15.3 Å². The van der Waals surface area contributed by atoms with E-state index >= 15 is 0 Å². The third-order valence-corrected chi connectivity index (χ3v) is 3.53. The normalized spacial score (nSPS) is 11.7. The number of rotatable bonds is 4. The molecule has 1 aromatic carbocycles. The summed E-state index contributed by atoms with van der Waals surface area (Å²) in [4.78, 5) is 21.2. The fourth-order valence-electron chi connectivity index (χ4n) is 2.16. The molecule has 3 aromatic rings. The van der Waals surface area contributed by atoms with Gasteiger partial charge in [-0.3, -0.25) is 9.63 Å². The Labute approximate surface area is 144 Å². The second kappa shape index (κ2) is 6.73. The van der Waals surface area contributed by atoms with Crippen LogP contribution in [0.5, 0.6) is 0 Å². The van der Waals surface area contributed by atoms with E-state index < -0.39 is 17.6 Å². The highest BCUT2D eigenvalue weighted by Crippen LogP contribution is 2.29. The Morgan fingerprint density at radius 2 is 2.04 bits per heavy atom. The number of nitrogens with zero attached hydrogens (tertiary/aromatic N) is 2. The molecule has 25 heavy (non-hydrogen) atoms. The number of carbonyl (C=O) groups is 1. The Kier molecular flexibility index (Phi) is 4.65. The number of carbonyl (C=O) groups excluding carboxylic acids is 1. The molecule has 0 saturated heterocycles. The first-order valence-corrected chi connectivity index (χ1v) is 7.43. The molecule has 0 bridgehead atoms. The van der Waals surface area contributed by atoms with Gasteiger partial charge < -0.3 is 4.40 Å². The van der Waals surface area contributed by atoms with Crippen LogP contribution >= 0.6 is 11.6 Å². The van der Waals surface area contributed by atoms with E-state index in [0.717, 1.165) is 18.2 Å². The van der Waals surface area contributed by atoms with E-state index in [1.54, 1.807) is 28.9 Å². The predicted octanol–water partition coefficient (Wildman–Crippen LogP) is 3.87. The second-order valence-electron chi connectivity index (χ2n) is 5.14. The molecule has 9 heteroatoms. The number of fused-ring (bicyclic) bond motifs is 1. The number of hydrogen-bond donors (Lipinski definition) is 1.